The summed E-state index contributed by atoms with van der Waals surface area (Å²) in [6, 6.07) is 0. The first-order valence-electron chi connectivity index (χ1n) is 3.61. The first-order valence-corrected chi connectivity index (χ1v) is 3.61. The summed E-state index contributed by atoms with van der Waals surface area (Å²) in [5.41, 5.74) is 1.66. The van der Waals surface area contributed by atoms with E-state index in [1.165, 1.54) is 0 Å². The van der Waals surface area contributed by atoms with Gasteiger partial charge in [0, 0.05) is 30.7 Å². The fourth-order valence-corrected chi connectivity index (χ4v) is 1.13. The van der Waals surface area contributed by atoms with Gasteiger partial charge in [0.15, 0.2) is 5.65 Å². The highest BCUT2D eigenvalue weighted by Crippen LogP contribution is 2.03. The Hall–Kier alpha value is -1.71. The summed E-state index contributed by atoms with van der Waals surface area (Å²) >= 11 is 0. The quantitative estimate of drug-likeness (QED) is 0.601. The van der Waals surface area contributed by atoms with E-state index in [2.05, 4.69) is 9.97 Å². The molecule has 0 spiro atoms. The average molecular weight is 161 g/mol. The van der Waals surface area contributed by atoms with E-state index in [9.17, 15) is 4.79 Å². The maximum atomic E-state index is 10.3. The summed E-state index contributed by atoms with van der Waals surface area (Å²) in [6.45, 7) is 0. The minimum atomic E-state index is 0.394. The lowest BCUT2D eigenvalue weighted by Gasteiger charge is -1.94. The number of hydrogen-bond donors (Lipinski definition) is 0. The number of rotatable bonds is 2. The van der Waals surface area contributed by atoms with Crippen LogP contribution in [0, 0.1) is 0 Å². The molecule has 0 saturated heterocycles. The maximum absolute atomic E-state index is 10.3. The zero-order chi connectivity index (χ0) is 8.39. The molecule has 0 amide bonds. The molecular weight excluding hydrogens is 154 g/mol. The van der Waals surface area contributed by atoms with E-state index in [1.807, 2.05) is 4.40 Å². The van der Waals surface area contributed by atoms with E-state index < -0.39 is 0 Å². The molecule has 0 N–H and O–H groups in total. The van der Waals surface area contributed by atoms with Crippen LogP contribution in [-0.2, 0) is 11.2 Å². The molecule has 0 saturated carbocycles. The summed E-state index contributed by atoms with van der Waals surface area (Å²) < 4.78 is 1.85. The smallest absolute Gasteiger partial charge is 0.155 e. The number of hydrogen-bond acceptors (Lipinski definition) is 3. The van der Waals surface area contributed by atoms with Gasteiger partial charge in [-0.1, -0.05) is 0 Å². The minimum absolute atomic E-state index is 0.394. The van der Waals surface area contributed by atoms with E-state index in [0.29, 0.717) is 6.42 Å². The molecule has 4 heteroatoms. The van der Waals surface area contributed by atoms with Crippen LogP contribution in [0.3, 0.4) is 0 Å². The van der Waals surface area contributed by atoms with E-state index in [-0.39, 0.29) is 0 Å². The van der Waals surface area contributed by atoms with Crippen LogP contribution in [0.2, 0.25) is 0 Å². The van der Waals surface area contributed by atoms with Crippen molar-refractivity contribution in [1.82, 2.24) is 14.4 Å². The number of aromatic nitrogens is 3. The third-order valence-electron chi connectivity index (χ3n) is 1.69. The molecule has 0 atom stereocenters. The Morgan fingerprint density at radius 3 is 3.25 bits per heavy atom. The molecule has 60 valence electrons. The van der Waals surface area contributed by atoms with E-state index in [1.54, 1.807) is 24.8 Å². The molecule has 0 aliphatic heterocycles. The first kappa shape index (κ1) is 6.97. The van der Waals surface area contributed by atoms with Gasteiger partial charge in [-0.05, 0) is 0 Å². The normalized spacial score (nSPS) is 10.3. The van der Waals surface area contributed by atoms with Crippen molar-refractivity contribution < 1.29 is 4.79 Å². The monoisotopic (exact) mass is 161 g/mol. The molecule has 0 aliphatic rings. The molecule has 0 fully saturated rings. The minimum Gasteiger partial charge on any atom is -0.303 e. The van der Waals surface area contributed by atoms with Crippen molar-refractivity contribution in [3.8, 4) is 0 Å². The van der Waals surface area contributed by atoms with Crippen molar-refractivity contribution in [3.63, 3.8) is 0 Å². The summed E-state index contributed by atoms with van der Waals surface area (Å²) in [4.78, 5) is 18.3. The standard InChI is InChI=1S/C8H7N3O/c12-4-1-7-5-10-8-6-9-2-3-11(7)8/h2-6H,1H2. The highest BCUT2D eigenvalue weighted by atomic mass is 16.1. The molecule has 2 aromatic rings. The maximum Gasteiger partial charge on any atom is 0.155 e. The summed E-state index contributed by atoms with van der Waals surface area (Å²) in [7, 11) is 0. The van der Waals surface area contributed by atoms with Crippen LogP contribution in [-0.4, -0.2) is 20.7 Å². The second-order valence-electron chi connectivity index (χ2n) is 2.42. The molecule has 0 unspecified atom stereocenters. The lowest BCUT2D eigenvalue weighted by Crippen LogP contribution is -1.93. The van der Waals surface area contributed by atoms with Gasteiger partial charge in [0.1, 0.15) is 6.29 Å². The molecule has 4 nitrogen and oxygen atoms in total. The SMILES string of the molecule is O=CCc1cnc2cnccn12. The van der Waals surface area contributed by atoms with E-state index in [0.717, 1.165) is 17.6 Å². The van der Waals surface area contributed by atoms with Gasteiger partial charge in [0.05, 0.1) is 6.20 Å². The molecule has 12 heavy (non-hydrogen) atoms. The average Bonchev–Trinajstić information content (AvgIpc) is 2.50. The third kappa shape index (κ3) is 0.972. The highest BCUT2D eigenvalue weighted by molar-refractivity contribution is 5.55. The summed E-state index contributed by atoms with van der Waals surface area (Å²) in [6.07, 6.45) is 8.07. The molecule has 0 aliphatic carbocycles. The van der Waals surface area contributed by atoms with Gasteiger partial charge in [0.2, 0.25) is 0 Å². The van der Waals surface area contributed by atoms with Crippen LogP contribution < -0.4 is 0 Å². The molecule has 0 bridgehead atoms. The Morgan fingerprint density at radius 1 is 1.50 bits per heavy atom. The fourth-order valence-electron chi connectivity index (χ4n) is 1.13. The van der Waals surface area contributed by atoms with Crippen molar-refractivity contribution in [2.24, 2.45) is 0 Å². The second-order valence-corrected chi connectivity index (χ2v) is 2.42. The van der Waals surface area contributed by atoms with Crippen LogP contribution in [0.1, 0.15) is 5.69 Å². The molecule has 0 radical (unpaired) electrons. The highest BCUT2D eigenvalue weighted by Gasteiger charge is 2.00. The van der Waals surface area contributed by atoms with Crippen molar-refractivity contribution >= 4 is 11.9 Å². The Morgan fingerprint density at radius 2 is 2.42 bits per heavy atom. The van der Waals surface area contributed by atoms with Crippen LogP contribution in [0.25, 0.3) is 5.65 Å². The third-order valence-corrected chi connectivity index (χ3v) is 1.69. The van der Waals surface area contributed by atoms with Gasteiger partial charge in [0.25, 0.3) is 0 Å². The lowest BCUT2D eigenvalue weighted by molar-refractivity contribution is -0.107. The molecule has 2 heterocycles. The predicted molar refractivity (Wildman–Crippen MR) is 42.8 cm³/mol. The zero-order valence-electron chi connectivity index (χ0n) is 6.34. The number of fused-ring (bicyclic) bond motifs is 1. The number of carbonyl (C=O) groups excluding carboxylic acids is 1. The van der Waals surface area contributed by atoms with E-state index >= 15 is 0 Å². The summed E-state index contributed by atoms with van der Waals surface area (Å²) in [5, 5.41) is 0. The predicted octanol–water partition coefficient (Wildman–Crippen LogP) is 0.471. The Labute approximate surface area is 68.9 Å². The second kappa shape index (κ2) is 2.73. The van der Waals surface area contributed by atoms with Crippen LogP contribution >= 0.6 is 0 Å². The number of nitrogens with zero attached hydrogens (tertiary/aromatic N) is 3. The van der Waals surface area contributed by atoms with Gasteiger partial charge in [-0.25, -0.2) is 4.98 Å². The summed E-state index contributed by atoms with van der Waals surface area (Å²) in [5.74, 6) is 0. The Kier molecular flexibility index (Phi) is 1.59. The van der Waals surface area contributed by atoms with Crippen molar-refractivity contribution in [3.05, 3.63) is 30.5 Å². The van der Waals surface area contributed by atoms with Crippen molar-refractivity contribution in [2.75, 3.05) is 0 Å². The van der Waals surface area contributed by atoms with Gasteiger partial charge >= 0.3 is 0 Å². The van der Waals surface area contributed by atoms with Gasteiger partial charge in [-0.2, -0.15) is 0 Å². The Bertz CT molecular complexity index is 407. The van der Waals surface area contributed by atoms with Gasteiger partial charge in [-0.15, -0.1) is 0 Å². The number of imidazole rings is 1. The molecular formula is C8H7N3O. The van der Waals surface area contributed by atoms with Crippen LogP contribution in [0.15, 0.2) is 24.8 Å². The van der Waals surface area contributed by atoms with Crippen LogP contribution in [0.5, 0.6) is 0 Å². The molecule has 2 aromatic heterocycles. The molecule has 2 rings (SSSR count). The van der Waals surface area contributed by atoms with E-state index in [4.69, 9.17) is 0 Å². The van der Waals surface area contributed by atoms with Crippen molar-refractivity contribution in [1.29, 1.82) is 0 Å². The zero-order valence-corrected chi connectivity index (χ0v) is 6.34. The van der Waals surface area contributed by atoms with Crippen molar-refractivity contribution in [2.45, 2.75) is 6.42 Å². The Balaban J connectivity index is 2.62. The van der Waals surface area contributed by atoms with Gasteiger partial charge < -0.3 is 9.20 Å². The first-order chi connectivity index (χ1) is 5.92. The van der Waals surface area contributed by atoms with Crippen LogP contribution in [0.4, 0.5) is 0 Å². The topological polar surface area (TPSA) is 47.3 Å². The fraction of sp³-hybridized carbons (Fsp3) is 0.125. The largest absolute Gasteiger partial charge is 0.303 e. The number of carbonyl (C=O) groups is 1. The lowest BCUT2D eigenvalue weighted by atomic mass is 10.4. The number of aldehydes is 1. The van der Waals surface area contributed by atoms with Gasteiger partial charge in [-0.3, -0.25) is 4.98 Å². The molecule has 0 aromatic carbocycles.